The number of carboxylic acid groups (broad SMARTS) is 4. The molecule has 0 radical (unpaired) electrons. The molecule has 99 heavy (non-hydrogen) atoms. The van der Waals surface area contributed by atoms with Crippen molar-refractivity contribution in [1.29, 1.82) is 0 Å². The van der Waals surface area contributed by atoms with Gasteiger partial charge in [-0.3, -0.25) is 69.5 Å². The first kappa shape index (κ1) is 64.1. The Morgan fingerprint density at radius 2 is 0.747 bits per heavy atom. The molecule has 4 aliphatic rings. The molecule has 0 bridgehead atoms. The molecule has 12 aromatic rings. The summed E-state index contributed by atoms with van der Waals surface area (Å²) in [7, 11) is 0. The first-order valence-corrected chi connectivity index (χ1v) is 30.9. The number of pyridine rings is 6. The van der Waals surface area contributed by atoms with E-state index in [4.69, 9.17) is 20.4 Å². The van der Waals surface area contributed by atoms with Crippen LogP contribution in [0.1, 0.15) is 127 Å². The van der Waals surface area contributed by atoms with Crippen LogP contribution in [0.25, 0.3) is 44.6 Å². The van der Waals surface area contributed by atoms with Gasteiger partial charge < -0.3 is 40.0 Å². The van der Waals surface area contributed by atoms with Gasteiger partial charge in [-0.1, -0.05) is 18.2 Å². The summed E-state index contributed by atoms with van der Waals surface area (Å²) in [5, 5.41) is 64.9. The highest BCUT2D eigenvalue weighted by molar-refractivity contribution is 7.17. The molecule has 0 aliphatic carbocycles. The third kappa shape index (κ3) is 13.6. The molecule has 0 atom stereocenters. The lowest BCUT2D eigenvalue weighted by molar-refractivity contribution is 0.0685. The number of carbonyl (C=O) groups is 8. The maximum Gasteiger partial charge on any atom is 0.345 e. The zero-order valence-electron chi connectivity index (χ0n) is 51.5. The molecule has 0 fully saturated rings. The van der Waals surface area contributed by atoms with Crippen LogP contribution in [-0.4, -0.2) is 158 Å². The van der Waals surface area contributed by atoms with Gasteiger partial charge in [0.2, 0.25) is 0 Å². The van der Waals surface area contributed by atoms with E-state index >= 15 is 0 Å². The number of rotatable bonds is 12. The van der Waals surface area contributed by atoms with E-state index < -0.39 is 23.9 Å². The molecule has 0 spiro atoms. The maximum absolute atomic E-state index is 12.6. The van der Waals surface area contributed by atoms with Crippen LogP contribution in [0.2, 0.25) is 0 Å². The quantitative estimate of drug-likeness (QED) is 0.0571. The van der Waals surface area contributed by atoms with Crippen LogP contribution in [0, 0.1) is 0 Å². The predicted molar refractivity (Wildman–Crippen MR) is 349 cm³/mol. The molecular weight excluding hydrogens is 1290 g/mol. The summed E-state index contributed by atoms with van der Waals surface area (Å²) in [5.74, 6) is -4.39. The van der Waals surface area contributed by atoms with Gasteiger partial charge in [0.25, 0.3) is 23.6 Å². The topological polar surface area (TPSA) is 422 Å². The number of fused-ring (bicyclic) bond motifs is 4. The number of nitrogens with one attached hydrogen (secondary N) is 4. The number of aromatic nitrogens is 14. The van der Waals surface area contributed by atoms with E-state index in [2.05, 4.69) is 70.7 Å². The lowest BCUT2D eigenvalue weighted by atomic mass is 10.1. The molecule has 0 unspecified atom stereocenters. The van der Waals surface area contributed by atoms with Crippen LogP contribution < -0.4 is 0 Å². The van der Waals surface area contributed by atoms with Crippen molar-refractivity contribution in [2.24, 2.45) is 0 Å². The first-order valence-electron chi connectivity index (χ1n) is 30.1. The van der Waals surface area contributed by atoms with Crippen molar-refractivity contribution in [3.63, 3.8) is 0 Å². The van der Waals surface area contributed by atoms with E-state index in [1.807, 2.05) is 0 Å². The normalized spacial score (nSPS) is 12.9. The van der Waals surface area contributed by atoms with E-state index in [-0.39, 0.29) is 45.2 Å². The second-order valence-electron chi connectivity index (χ2n) is 22.5. The van der Waals surface area contributed by atoms with Gasteiger partial charge >= 0.3 is 23.9 Å². The SMILES string of the molecule is O=C(O)c1ccc(-c2n[nH]c3c2CN(C(=O)c2ccccn2)C3)nc1.O=C(O)c1ccc(-c2n[nH]c3c2CN(C(=O)c2cccnc2)C3)cc1.O=C(O)c1ccc(-c2n[nH]c3c2CN(C(=O)c2cccnc2)C3)nc1.O=C(O)c1ccc(-c2n[nH]c3c2CN(C(=O)c2cccnc2)C3)s1. The third-order valence-electron chi connectivity index (χ3n) is 16.3. The van der Waals surface area contributed by atoms with Crippen LogP contribution in [0.4, 0.5) is 0 Å². The molecule has 492 valence electrons. The lowest BCUT2D eigenvalue weighted by Crippen LogP contribution is -2.26. The summed E-state index contributed by atoms with van der Waals surface area (Å²) in [4.78, 5) is 126. The molecule has 11 aromatic heterocycles. The van der Waals surface area contributed by atoms with Crippen LogP contribution >= 0.6 is 11.3 Å². The average molecular weight is 1350 g/mol. The van der Waals surface area contributed by atoms with Crippen molar-refractivity contribution in [2.45, 2.75) is 52.4 Å². The molecule has 0 saturated heterocycles. The standard InChI is InChI=1S/C18H14N4O3.2C17H13N5O3.C16H12N4O3S/c23-17(13-2-1-7-19-8-13)22-9-14-15(10-22)20-21-16(14)11-3-5-12(6-4-11)18(24)25;23-16(10-2-1-5-18-6-10)22-8-12-14(9-22)20-21-15(12)13-4-3-11(7-19-13)17(24)25;23-16(13-3-1-2-6-18-13)22-8-11-14(9-22)20-21-15(11)12-5-4-10(7-19-12)17(24)25;21-15(9-2-1-5-17-6-9)20-7-10-11(8-20)18-19-14(10)12-3-4-13(24-12)16(22)23/h1-8H,9-10H2,(H,20,21)(H,24,25);2*1-7H,8-9H2,(H,20,21)(H,24,25);1-6H,7-8H2,(H,18,19)(H,22,23). The fourth-order valence-electron chi connectivity index (χ4n) is 11.3. The lowest BCUT2D eigenvalue weighted by Gasteiger charge is -2.15. The van der Waals surface area contributed by atoms with E-state index in [0.29, 0.717) is 103 Å². The molecule has 30 nitrogen and oxygen atoms in total. The van der Waals surface area contributed by atoms with Gasteiger partial charge in [-0.2, -0.15) is 20.4 Å². The Morgan fingerprint density at radius 1 is 0.343 bits per heavy atom. The minimum Gasteiger partial charge on any atom is -0.478 e. The highest BCUT2D eigenvalue weighted by Gasteiger charge is 2.34. The predicted octanol–water partition coefficient (Wildman–Crippen LogP) is 8.16. The number of carbonyl (C=O) groups excluding carboxylic acids is 4. The summed E-state index contributed by atoms with van der Waals surface area (Å²) in [5.41, 5.74) is 14.3. The first-order chi connectivity index (χ1) is 48.0. The minimum absolute atomic E-state index is 0.0788. The molecule has 4 amide bonds. The minimum atomic E-state index is -1.03. The van der Waals surface area contributed by atoms with E-state index in [1.165, 1.54) is 35.9 Å². The number of H-pyrrole nitrogens is 4. The fourth-order valence-corrected chi connectivity index (χ4v) is 12.2. The largest absolute Gasteiger partial charge is 0.478 e. The summed E-state index contributed by atoms with van der Waals surface area (Å²) < 4.78 is 0. The van der Waals surface area contributed by atoms with Crippen molar-refractivity contribution >= 4 is 58.8 Å². The van der Waals surface area contributed by atoms with Crippen LogP contribution in [0.15, 0.2) is 171 Å². The van der Waals surface area contributed by atoms with Crippen molar-refractivity contribution in [2.75, 3.05) is 0 Å². The van der Waals surface area contributed by atoms with E-state index in [1.54, 1.807) is 166 Å². The number of hydrogen-bond donors (Lipinski definition) is 8. The van der Waals surface area contributed by atoms with Gasteiger partial charge in [-0.25, -0.2) is 19.2 Å². The maximum atomic E-state index is 12.6. The zero-order valence-corrected chi connectivity index (χ0v) is 52.4. The van der Waals surface area contributed by atoms with E-state index in [0.717, 1.165) is 61.2 Å². The second-order valence-corrected chi connectivity index (χ2v) is 23.6. The molecular formula is C68H52N18O12S. The number of thiophene rings is 1. The number of aromatic amines is 4. The Balaban J connectivity index is 0.000000119. The van der Waals surface area contributed by atoms with Crippen LogP contribution in [0.3, 0.4) is 0 Å². The number of carboxylic acids is 4. The molecule has 1 aromatic carbocycles. The van der Waals surface area contributed by atoms with Crippen molar-refractivity contribution in [3.8, 4) is 44.6 Å². The van der Waals surface area contributed by atoms with Gasteiger partial charge in [-0.05, 0) is 97.1 Å². The number of aromatic carboxylic acids is 4. The number of benzene rings is 1. The highest BCUT2D eigenvalue weighted by atomic mass is 32.1. The van der Waals surface area contributed by atoms with E-state index in [9.17, 15) is 38.4 Å². The summed E-state index contributed by atoms with van der Waals surface area (Å²) >= 11 is 1.18. The smallest absolute Gasteiger partial charge is 0.345 e. The Kier molecular flexibility index (Phi) is 18.0. The molecule has 31 heteroatoms. The monoisotopic (exact) mass is 1340 g/mol. The van der Waals surface area contributed by atoms with Gasteiger partial charge in [0.15, 0.2) is 0 Å². The molecule has 0 saturated carbocycles. The number of hydrogen-bond acceptors (Lipinski definition) is 19. The Morgan fingerprint density at radius 3 is 1.12 bits per heavy atom. The van der Waals surface area contributed by atoms with Crippen LogP contribution in [0.5, 0.6) is 0 Å². The second kappa shape index (κ2) is 27.8. The van der Waals surface area contributed by atoms with Gasteiger partial charge in [0, 0.05) is 83.6 Å². The molecule has 16 rings (SSSR count). The van der Waals surface area contributed by atoms with Gasteiger partial charge in [-0.15, -0.1) is 11.3 Å². The zero-order chi connectivity index (χ0) is 68.8. The Bertz CT molecular complexity index is 4670. The van der Waals surface area contributed by atoms with Crippen molar-refractivity contribution < 1.29 is 58.8 Å². The third-order valence-corrected chi connectivity index (χ3v) is 17.4. The van der Waals surface area contributed by atoms with Crippen molar-refractivity contribution in [3.05, 3.63) is 260 Å². The molecule has 8 N–H and O–H groups in total. The van der Waals surface area contributed by atoms with Gasteiger partial charge in [0.1, 0.15) is 27.7 Å². The summed E-state index contributed by atoms with van der Waals surface area (Å²) in [6.45, 7) is 3.48. The fraction of sp³-hybridized carbons (Fsp3) is 0.118. The molecule has 4 aliphatic heterocycles. The number of amides is 4. The van der Waals surface area contributed by atoms with Crippen molar-refractivity contribution in [1.82, 2.24) is 90.3 Å². The van der Waals surface area contributed by atoms with Gasteiger partial charge in [0.05, 0.1) is 130 Å². The number of nitrogens with zero attached hydrogens (tertiary/aromatic N) is 14. The summed E-state index contributed by atoms with van der Waals surface area (Å²) in [6.07, 6.45) is 13.7. The summed E-state index contributed by atoms with van der Waals surface area (Å²) in [6, 6.07) is 31.7. The molecule has 15 heterocycles. The average Bonchev–Trinajstić information content (AvgIpc) is 1.66. The Labute approximate surface area is 562 Å². The Hall–Kier alpha value is -13.6. The highest BCUT2D eigenvalue weighted by Crippen LogP contribution is 2.37. The van der Waals surface area contributed by atoms with Crippen LogP contribution in [-0.2, 0) is 52.4 Å².